The van der Waals surface area contributed by atoms with Gasteiger partial charge in [0.25, 0.3) is 0 Å². The zero-order valence-electron chi connectivity index (χ0n) is 17.4. The lowest BCUT2D eigenvalue weighted by Crippen LogP contribution is -2.42. The Hall–Kier alpha value is -1.10. The van der Waals surface area contributed by atoms with E-state index in [1.54, 1.807) is 14.2 Å². The highest BCUT2D eigenvalue weighted by Gasteiger charge is 2.16. The molecule has 7 nitrogen and oxygen atoms in total. The number of likely N-dealkylation sites (N-methyl/N-ethyl adjacent to an activating group) is 1. The minimum atomic E-state index is 0. The van der Waals surface area contributed by atoms with E-state index in [1.807, 2.05) is 12.1 Å². The van der Waals surface area contributed by atoms with E-state index in [9.17, 15) is 0 Å². The molecule has 2 atom stereocenters. The maximum Gasteiger partial charge on any atom is 0.191 e. The van der Waals surface area contributed by atoms with Gasteiger partial charge in [-0.15, -0.1) is 24.0 Å². The molecule has 2 unspecified atom stereocenters. The highest BCUT2D eigenvalue weighted by Crippen LogP contribution is 2.20. The third kappa shape index (κ3) is 8.50. The van der Waals surface area contributed by atoms with Gasteiger partial charge in [0.1, 0.15) is 5.75 Å². The van der Waals surface area contributed by atoms with Crippen LogP contribution in [-0.4, -0.2) is 78.1 Å². The van der Waals surface area contributed by atoms with Crippen LogP contribution in [0.5, 0.6) is 5.75 Å². The third-order valence-corrected chi connectivity index (χ3v) is 4.67. The van der Waals surface area contributed by atoms with E-state index in [-0.39, 0.29) is 36.1 Å². The van der Waals surface area contributed by atoms with Crippen molar-refractivity contribution < 1.29 is 14.2 Å². The van der Waals surface area contributed by atoms with Crippen molar-refractivity contribution in [3.05, 3.63) is 29.8 Å². The average molecular weight is 506 g/mol. The van der Waals surface area contributed by atoms with Crippen molar-refractivity contribution in [3.8, 4) is 5.75 Å². The number of hydrogen-bond acceptors (Lipinski definition) is 5. The first-order chi connectivity index (χ1) is 13.1. The molecule has 8 heteroatoms. The summed E-state index contributed by atoms with van der Waals surface area (Å²) in [5.41, 5.74) is 1.23. The van der Waals surface area contributed by atoms with Crippen molar-refractivity contribution in [1.82, 2.24) is 15.5 Å². The molecule has 160 valence electrons. The lowest BCUT2D eigenvalue weighted by Gasteiger charge is -2.26. The quantitative estimate of drug-likeness (QED) is 0.220. The van der Waals surface area contributed by atoms with Crippen molar-refractivity contribution in [2.45, 2.75) is 25.0 Å². The van der Waals surface area contributed by atoms with Crippen LogP contribution in [-0.2, 0) is 9.47 Å². The molecule has 0 radical (unpaired) electrons. The molecule has 1 heterocycles. The Morgan fingerprint density at radius 3 is 2.61 bits per heavy atom. The van der Waals surface area contributed by atoms with E-state index in [1.165, 1.54) is 5.56 Å². The van der Waals surface area contributed by atoms with Crippen LogP contribution in [0.2, 0.25) is 0 Å². The predicted molar refractivity (Wildman–Crippen MR) is 124 cm³/mol. The molecule has 0 spiro atoms. The first-order valence-corrected chi connectivity index (χ1v) is 9.58. The van der Waals surface area contributed by atoms with Gasteiger partial charge >= 0.3 is 0 Å². The number of nitrogens with one attached hydrogen (secondary N) is 2. The minimum Gasteiger partial charge on any atom is -0.497 e. The maximum absolute atomic E-state index is 5.78. The molecule has 1 aromatic rings. The van der Waals surface area contributed by atoms with E-state index < -0.39 is 0 Å². The van der Waals surface area contributed by atoms with Gasteiger partial charge in [0.15, 0.2) is 5.96 Å². The minimum absolute atomic E-state index is 0. The summed E-state index contributed by atoms with van der Waals surface area (Å²) in [5, 5.41) is 6.76. The molecule has 1 aliphatic rings. The normalized spacial score (nSPS) is 17.9. The zero-order valence-corrected chi connectivity index (χ0v) is 19.8. The molecule has 1 fully saturated rings. The molecule has 0 aromatic heterocycles. The van der Waals surface area contributed by atoms with Gasteiger partial charge in [-0.3, -0.25) is 4.99 Å². The van der Waals surface area contributed by atoms with E-state index >= 15 is 0 Å². The second-order valence-electron chi connectivity index (χ2n) is 6.84. The number of rotatable bonds is 10. The van der Waals surface area contributed by atoms with E-state index in [0.717, 1.165) is 57.5 Å². The van der Waals surface area contributed by atoms with Gasteiger partial charge in [-0.1, -0.05) is 12.1 Å². The van der Waals surface area contributed by atoms with Gasteiger partial charge < -0.3 is 29.7 Å². The summed E-state index contributed by atoms with van der Waals surface area (Å²) >= 11 is 0. The van der Waals surface area contributed by atoms with E-state index in [2.05, 4.69) is 46.8 Å². The van der Waals surface area contributed by atoms with Gasteiger partial charge in [-0.2, -0.15) is 0 Å². The van der Waals surface area contributed by atoms with Crippen LogP contribution >= 0.6 is 24.0 Å². The van der Waals surface area contributed by atoms with Gasteiger partial charge in [0.05, 0.1) is 25.9 Å². The molecular weight excluding hydrogens is 471 g/mol. The Morgan fingerprint density at radius 1 is 1.29 bits per heavy atom. The topological polar surface area (TPSA) is 67.4 Å². The van der Waals surface area contributed by atoms with Crippen LogP contribution in [0, 0.1) is 0 Å². The standard InChI is InChI=1S/C20H34N4O3.HI/c1-21-20(22-11-5-12-27-18-10-13-26-15-18)23-14-19(24(2)3)16-6-8-17(25-4)9-7-16;/h6-9,18-19H,5,10-15H2,1-4H3,(H2,21,22,23);1H. The zero-order chi connectivity index (χ0) is 19.5. The van der Waals surface area contributed by atoms with Gasteiger partial charge in [0.2, 0.25) is 0 Å². The summed E-state index contributed by atoms with van der Waals surface area (Å²) in [6.07, 6.45) is 2.22. The highest BCUT2D eigenvalue weighted by atomic mass is 127. The van der Waals surface area contributed by atoms with Crippen molar-refractivity contribution >= 4 is 29.9 Å². The lowest BCUT2D eigenvalue weighted by molar-refractivity contribution is 0.0420. The first-order valence-electron chi connectivity index (χ1n) is 9.58. The number of guanidine groups is 1. The Labute approximate surface area is 186 Å². The van der Waals surface area contributed by atoms with Crippen molar-refractivity contribution in [2.75, 3.05) is 61.2 Å². The summed E-state index contributed by atoms with van der Waals surface area (Å²) in [5.74, 6) is 1.67. The fourth-order valence-corrected chi connectivity index (χ4v) is 3.01. The monoisotopic (exact) mass is 506 g/mol. The van der Waals surface area contributed by atoms with Gasteiger partial charge in [-0.05, 0) is 44.6 Å². The van der Waals surface area contributed by atoms with Crippen molar-refractivity contribution in [3.63, 3.8) is 0 Å². The maximum atomic E-state index is 5.78. The third-order valence-electron chi connectivity index (χ3n) is 4.67. The number of ether oxygens (including phenoxy) is 3. The van der Waals surface area contributed by atoms with Crippen LogP contribution in [0.3, 0.4) is 0 Å². The molecule has 1 aliphatic heterocycles. The number of halogens is 1. The first kappa shape index (κ1) is 24.9. The second-order valence-corrected chi connectivity index (χ2v) is 6.84. The van der Waals surface area contributed by atoms with Gasteiger partial charge in [-0.25, -0.2) is 0 Å². The summed E-state index contributed by atoms with van der Waals surface area (Å²) in [7, 11) is 7.63. The molecule has 0 amide bonds. The molecule has 0 saturated carbocycles. The molecule has 1 saturated heterocycles. The fourth-order valence-electron chi connectivity index (χ4n) is 3.01. The van der Waals surface area contributed by atoms with Crippen LogP contribution in [0.25, 0.3) is 0 Å². The lowest BCUT2D eigenvalue weighted by atomic mass is 10.1. The molecule has 2 rings (SSSR count). The number of methoxy groups -OCH3 is 1. The van der Waals surface area contributed by atoms with Crippen molar-refractivity contribution in [2.24, 2.45) is 4.99 Å². The molecule has 0 bridgehead atoms. The van der Waals surface area contributed by atoms with Crippen LogP contribution in [0.1, 0.15) is 24.4 Å². The number of nitrogens with zero attached hydrogens (tertiary/aromatic N) is 2. The summed E-state index contributed by atoms with van der Waals surface area (Å²) in [4.78, 5) is 6.50. The second kappa shape index (κ2) is 14.0. The number of benzene rings is 1. The highest BCUT2D eigenvalue weighted by molar-refractivity contribution is 14.0. The van der Waals surface area contributed by atoms with E-state index in [0.29, 0.717) is 0 Å². The Balaban J connectivity index is 0.00000392. The summed E-state index contributed by atoms with van der Waals surface area (Å²) in [6.45, 7) is 3.87. The Bertz CT molecular complexity index is 563. The molecule has 1 aromatic carbocycles. The molecular formula is C20H35IN4O3. The number of hydrogen-bond donors (Lipinski definition) is 2. The average Bonchev–Trinajstić information content (AvgIpc) is 3.20. The molecule has 0 aliphatic carbocycles. The Kier molecular flexibility index (Phi) is 12.4. The van der Waals surface area contributed by atoms with Crippen LogP contribution in [0.15, 0.2) is 29.3 Å². The van der Waals surface area contributed by atoms with Crippen molar-refractivity contribution in [1.29, 1.82) is 0 Å². The smallest absolute Gasteiger partial charge is 0.191 e. The predicted octanol–water partition coefficient (Wildman–Crippen LogP) is 2.28. The SMILES string of the molecule is CN=C(NCCCOC1CCOC1)NCC(c1ccc(OC)cc1)N(C)C.I. The van der Waals surface area contributed by atoms with Crippen LogP contribution in [0.4, 0.5) is 0 Å². The summed E-state index contributed by atoms with van der Waals surface area (Å²) in [6, 6.07) is 8.43. The fraction of sp³-hybridized carbons (Fsp3) is 0.650. The van der Waals surface area contributed by atoms with Gasteiger partial charge in [0, 0.05) is 33.4 Å². The van der Waals surface area contributed by atoms with E-state index in [4.69, 9.17) is 14.2 Å². The Morgan fingerprint density at radius 2 is 2.04 bits per heavy atom. The molecule has 28 heavy (non-hydrogen) atoms. The molecule has 2 N–H and O–H groups in total. The largest absolute Gasteiger partial charge is 0.497 e. The van der Waals surface area contributed by atoms with Crippen LogP contribution < -0.4 is 15.4 Å². The summed E-state index contributed by atoms with van der Waals surface area (Å²) < 4.78 is 16.3. The number of aliphatic imine (C=N–C) groups is 1.